The van der Waals surface area contributed by atoms with Gasteiger partial charge in [-0.25, -0.2) is 0 Å². The lowest BCUT2D eigenvalue weighted by molar-refractivity contribution is 0.305. The number of benzene rings is 2. The highest BCUT2D eigenvalue weighted by molar-refractivity contribution is 5.56. The van der Waals surface area contributed by atoms with Gasteiger partial charge in [0.2, 0.25) is 5.89 Å². The summed E-state index contributed by atoms with van der Waals surface area (Å²) in [6.07, 6.45) is 1.69. The Morgan fingerprint density at radius 1 is 0.815 bits per heavy atom. The minimum absolute atomic E-state index is 0.400. The van der Waals surface area contributed by atoms with Crippen molar-refractivity contribution in [3.8, 4) is 34.5 Å². The minimum Gasteiger partial charge on any atom is -0.497 e. The van der Waals surface area contributed by atoms with Crippen molar-refractivity contribution in [3.63, 3.8) is 0 Å². The van der Waals surface area contributed by atoms with E-state index in [2.05, 4.69) is 15.2 Å². The first kappa shape index (κ1) is 16.8. The number of nitrogens with zero attached hydrogens (tertiary/aromatic N) is 3. The van der Waals surface area contributed by atoms with E-state index >= 15 is 0 Å². The highest BCUT2D eigenvalue weighted by atomic mass is 16.5. The van der Waals surface area contributed by atoms with E-state index in [1.807, 2.05) is 66.7 Å². The molecular formula is C21H17N3O3. The first-order chi connectivity index (χ1) is 13.3. The molecule has 4 aromatic rings. The third kappa shape index (κ3) is 3.95. The number of aromatic nitrogens is 3. The molecule has 6 nitrogen and oxygen atoms in total. The van der Waals surface area contributed by atoms with Crippen LogP contribution in [-0.4, -0.2) is 22.3 Å². The Bertz CT molecular complexity index is 997. The third-order valence-electron chi connectivity index (χ3n) is 3.97. The number of hydrogen-bond donors (Lipinski definition) is 0. The van der Waals surface area contributed by atoms with Crippen molar-refractivity contribution in [2.24, 2.45) is 0 Å². The van der Waals surface area contributed by atoms with Gasteiger partial charge in [0.15, 0.2) is 0 Å². The van der Waals surface area contributed by atoms with Crippen molar-refractivity contribution < 1.29 is 13.9 Å². The van der Waals surface area contributed by atoms with Gasteiger partial charge in [0.1, 0.15) is 23.8 Å². The summed E-state index contributed by atoms with van der Waals surface area (Å²) in [5.74, 6) is 2.45. The number of methoxy groups -OCH3 is 1. The van der Waals surface area contributed by atoms with Gasteiger partial charge in [0.05, 0.1) is 7.11 Å². The molecule has 0 radical (unpaired) electrons. The molecule has 0 amide bonds. The topological polar surface area (TPSA) is 70.3 Å². The Hall–Kier alpha value is -3.67. The molecule has 0 aliphatic rings. The fourth-order valence-corrected chi connectivity index (χ4v) is 2.51. The lowest BCUT2D eigenvalue weighted by atomic mass is 10.1. The van der Waals surface area contributed by atoms with Crippen LogP contribution in [0.25, 0.3) is 23.0 Å². The molecule has 0 N–H and O–H groups in total. The Morgan fingerprint density at radius 3 is 2.26 bits per heavy atom. The molecule has 27 heavy (non-hydrogen) atoms. The Morgan fingerprint density at radius 2 is 1.56 bits per heavy atom. The SMILES string of the molecule is COc1ccc(OCc2ccc(-c3nnc(-c4ccccn4)o3)cc2)cc1. The van der Waals surface area contributed by atoms with Crippen molar-refractivity contribution in [1.82, 2.24) is 15.2 Å². The first-order valence-corrected chi connectivity index (χ1v) is 8.43. The maximum absolute atomic E-state index is 5.78. The maximum atomic E-state index is 5.78. The van der Waals surface area contributed by atoms with E-state index in [-0.39, 0.29) is 0 Å². The lowest BCUT2D eigenvalue weighted by Gasteiger charge is -2.07. The molecule has 4 rings (SSSR count). The van der Waals surface area contributed by atoms with E-state index in [4.69, 9.17) is 13.9 Å². The van der Waals surface area contributed by atoms with Crippen LogP contribution in [0, 0.1) is 0 Å². The maximum Gasteiger partial charge on any atom is 0.266 e. The highest BCUT2D eigenvalue weighted by Gasteiger charge is 2.11. The molecule has 0 aliphatic heterocycles. The average molecular weight is 359 g/mol. The van der Waals surface area contributed by atoms with E-state index in [9.17, 15) is 0 Å². The molecule has 2 heterocycles. The minimum atomic E-state index is 0.400. The summed E-state index contributed by atoms with van der Waals surface area (Å²) in [6, 6.07) is 20.9. The summed E-state index contributed by atoms with van der Waals surface area (Å²) in [6.45, 7) is 0.468. The van der Waals surface area contributed by atoms with Gasteiger partial charge in [-0.3, -0.25) is 4.98 Å². The molecule has 2 aromatic heterocycles. The smallest absolute Gasteiger partial charge is 0.266 e. The molecular weight excluding hydrogens is 342 g/mol. The highest BCUT2D eigenvalue weighted by Crippen LogP contribution is 2.23. The summed E-state index contributed by atoms with van der Waals surface area (Å²) >= 11 is 0. The van der Waals surface area contributed by atoms with Crippen LogP contribution in [-0.2, 0) is 6.61 Å². The third-order valence-corrected chi connectivity index (χ3v) is 3.97. The summed E-state index contributed by atoms with van der Waals surface area (Å²) in [4.78, 5) is 4.21. The van der Waals surface area contributed by atoms with Gasteiger partial charge in [-0.2, -0.15) is 0 Å². The number of pyridine rings is 1. The van der Waals surface area contributed by atoms with Gasteiger partial charge in [-0.05, 0) is 54.1 Å². The van der Waals surface area contributed by atoms with Gasteiger partial charge in [-0.15, -0.1) is 10.2 Å². The van der Waals surface area contributed by atoms with Crippen LogP contribution in [0.2, 0.25) is 0 Å². The molecule has 2 aromatic carbocycles. The first-order valence-electron chi connectivity index (χ1n) is 8.43. The number of ether oxygens (including phenoxy) is 2. The summed E-state index contributed by atoms with van der Waals surface area (Å²) in [5.41, 5.74) is 2.54. The second-order valence-electron chi connectivity index (χ2n) is 5.79. The van der Waals surface area contributed by atoms with E-state index in [0.717, 1.165) is 22.6 Å². The molecule has 0 saturated carbocycles. The van der Waals surface area contributed by atoms with E-state index in [1.54, 1.807) is 13.3 Å². The van der Waals surface area contributed by atoms with E-state index in [0.29, 0.717) is 24.1 Å². The van der Waals surface area contributed by atoms with E-state index in [1.165, 1.54) is 0 Å². The van der Waals surface area contributed by atoms with Crippen LogP contribution >= 0.6 is 0 Å². The molecule has 0 saturated heterocycles. The fraction of sp³-hybridized carbons (Fsp3) is 0.0952. The zero-order valence-corrected chi connectivity index (χ0v) is 14.7. The Labute approximate surface area is 156 Å². The lowest BCUT2D eigenvalue weighted by Crippen LogP contribution is -1.95. The zero-order valence-electron chi connectivity index (χ0n) is 14.7. The van der Waals surface area contributed by atoms with Gasteiger partial charge >= 0.3 is 0 Å². The van der Waals surface area contributed by atoms with Crippen molar-refractivity contribution in [2.75, 3.05) is 7.11 Å². The monoisotopic (exact) mass is 359 g/mol. The van der Waals surface area contributed by atoms with Gasteiger partial charge < -0.3 is 13.9 Å². The van der Waals surface area contributed by atoms with Crippen LogP contribution in [0.5, 0.6) is 11.5 Å². The average Bonchev–Trinajstić information content (AvgIpc) is 3.24. The van der Waals surface area contributed by atoms with Gasteiger partial charge in [0.25, 0.3) is 5.89 Å². The molecule has 0 bridgehead atoms. The molecule has 0 atom stereocenters. The molecule has 6 heteroatoms. The van der Waals surface area contributed by atoms with Gasteiger partial charge in [-0.1, -0.05) is 18.2 Å². The van der Waals surface area contributed by atoms with Crippen LogP contribution in [0.3, 0.4) is 0 Å². The van der Waals surface area contributed by atoms with Crippen molar-refractivity contribution in [3.05, 3.63) is 78.5 Å². The number of rotatable bonds is 6. The van der Waals surface area contributed by atoms with Crippen molar-refractivity contribution in [2.45, 2.75) is 6.61 Å². The van der Waals surface area contributed by atoms with Crippen LogP contribution in [0.15, 0.2) is 77.3 Å². The second-order valence-corrected chi connectivity index (χ2v) is 5.79. The number of hydrogen-bond acceptors (Lipinski definition) is 6. The predicted octanol–water partition coefficient (Wildman–Crippen LogP) is 4.39. The quantitative estimate of drug-likeness (QED) is 0.509. The molecule has 0 unspecified atom stereocenters. The summed E-state index contributed by atoms with van der Waals surface area (Å²) in [7, 11) is 1.64. The molecule has 0 fully saturated rings. The van der Waals surface area contributed by atoms with Crippen LogP contribution in [0.1, 0.15) is 5.56 Å². The van der Waals surface area contributed by atoms with Crippen LogP contribution in [0.4, 0.5) is 0 Å². The van der Waals surface area contributed by atoms with Gasteiger partial charge in [0, 0.05) is 11.8 Å². The molecule has 0 aliphatic carbocycles. The summed E-state index contributed by atoms with van der Waals surface area (Å²) < 4.78 is 16.6. The van der Waals surface area contributed by atoms with Crippen molar-refractivity contribution >= 4 is 0 Å². The normalized spacial score (nSPS) is 10.6. The Kier molecular flexibility index (Phi) is 4.78. The second kappa shape index (κ2) is 7.70. The van der Waals surface area contributed by atoms with Crippen molar-refractivity contribution in [1.29, 1.82) is 0 Å². The Balaban J connectivity index is 1.42. The largest absolute Gasteiger partial charge is 0.497 e. The predicted molar refractivity (Wildman–Crippen MR) is 100 cm³/mol. The van der Waals surface area contributed by atoms with E-state index < -0.39 is 0 Å². The standard InChI is InChI=1S/C21H17N3O3/c1-25-17-9-11-18(12-10-17)26-14-15-5-7-16(8-6-15)20-23-24-21(27-20)19-4-2-3-13-22-19/h2-13H,14H2,1H3. The molecule has 134 valence electrons. The summed E-state index contributed by atoms with van der Waals surface area (Å²) in [5, 5.41) is 8.16. The molecule has 0 spiro atoms. The zero-order chi connectivity index (χ0) is 18.5. The fourth-order valence-electron chi connectivity index (χ4n) is 2.51. The van der Waals surface area contributed by atoms with Crippen LogP contribution < -0.4 is 9.47 Å².